The Balaban J connectivity index is 2.08. The number of hydrogen-bond acceptors (Lipinski definition) is 0. The molecule has 1 fully saturated rings. The van der Waals surface area contributed by atoms with Crippen LogP contribution in [0.4, 0.5) is 0 Å². The van der Waals surface area contributed by atoms with E-state index in [1.165, 1.54) is 32.1 Å². The second-order valence-electron chi connectivity index (χ2n) is 6.61. The van der Waals surface area contributed by atoms with Gasteiger partial charge in [-0.2, -0.15) is 0 Å². The molecule has 0 aromatic rings. The molecule has 0 saturated heterocycles. The summed E-state index contributed by atoms with van der Waals surface area (Å²) in [5.41, 5.74) is 2.26. The fourth-order valence-electron chi connectivity index (χ4n) is 3.81. The van der Waals surface area contributed by atoms with E-state index >= 15 is 0 Å². The van der Waals surface area contributed by atoms with Crippen LogP contribution in [0.25, 0.3) is 0 Å². The molecule has 0 aromatic heterocycles. The molecule has 0 aromatic carbocycles. The van der Waals surface area contributed by atoms with Gasteiger partial charge in [0.15, 0.2) is 0 Å². The lowest BCUT2D eigenvalue weighted by Gasteiger charge is -2.54. The fraction of sp³-hybridized carbons (Fsp3) is 0.867. The summed E-state index contributed by atoms with van der Waals surface area (Å²) in [5.74, 6) is 2.97. The molecule has 2 rings (SSSR count). The second kappa shape index (κ2) is 3.96. The van der Waals surface area contributed by atoms with E-state index in [2.05, 4.69) is 33.8 Å². The normalized spacial score (nSPS) is 43.7. The van der Waals surface area contributed by atoms with Gasteiger partial charge in [-0.1, -0.05) is 32.4 Å². The van der Waals surface area contributed by atoms with Gasteiger partial charge in [0, 0.05) is 0 Å². The van der Waals surface area contributed by atoms with E-state index in [0.29, 0.717) is 5.41 Å². The Morgan fingerprint density at radius 2 is 2.00 bits per heavy atom. The predicted octanol–water partition coefficient (Wildman–Crippen LogP) is 4.81. The van der Waals surface area contributed by atoms with E-state index in [1.54, 1.807) is 5.57 Å². The lowest BCUT2D eigenvalue weighted by atomic mass is 9.51. The minimum absolute atomic E-state index is 0.629. The van der Waals surface area contributed by atoms with E-state index < -0.39 is 0 Å². The van der Waals surface area contributed by atoms with E-state index in [-0.39, 0.29) is 0 Å². The summed E-state index contributed by atoms with van der Waals surface area (Å²) in [4.78, 5) is 0. The van der Waals surface area contributed by atoms with Gasteiger partial charge in [0.1, 0.15) is 0 Å². The summed E-state index contributed by atoms with van der Waals surface area (Å²) in [5, 5.41) is 0. The SMILES string of the molecule is C/C1=C\CC[C@H](C)[C@H]2CC(C)(C)[C@@H]2CC1. The third-order valence-corrected chi connectivity index (χ3v) is 4.98. The summed E-state index contributed by atoms with van der Waals surface area (Å²) < 4.78 is 0. The monoisotopic (exact) mass is 206 g/mol. The average Bonchev–Trinajstić information content (AvgIpc) is 2.18. The minimum Gasteiger partial charge on any atom is -0.0856 e. The first-order chi connectivity index (χ1) is 7.00. The highest BCUT2D eigenvalue weighted by molar-refractivity contribution is 5.05. The highest BCUT2D eigenvalue weighted by Crippen LogP contribution is 2.56. The molecule has 0 amide bonds. The van der Waals surface area contributed by atoms with Crippen molar-refractivity contribution in [3.8, 4) is 0 Å². The molecular formula is C15H26. The van der Waals surface area contributed by atoms with Crippen molar-refractivity contribution in [1.82, 2.24) is 0 Å². The molecule has 0 unspecified atom stereocenters. The Morgan fingerprint density at radius 3 is 2.67 bits per heavy atom. The van der Waals surface area contributed by atoms with Gasteiger partial charge in [-0.15, -0.1) is 0 Å². The van der Waals surface area contributed by atoms with Gasteiger partial charge in [0.25, 0.3) is 0 Å². The Kier molecular flexibility index (Phi) is 2.96. The van der Waals surface area contributed by atoms with Crippen LogP contribution in [0.3, 0.4) is 0 Å². The molecule has 15 heavy (non-hydrogen) atoms. The smallest absolute Gasteiger partial charge is 0.0320 e. The molecular weight excluding hydrogens is 180 g/mol. The Hall–Kier alpha value is -0.260. The van der Waals surface area contributed by atoms with Crippen molar-refractivity contribution in [2.75, 3.05) is 0 Å². The van der Waals surface area contributed by atoms with E-state index in [1.807, 2.05) is 0 Å². The van der Waals surface area contributed by atoms with E-state index in [0.717, 1.165) is 17.8 Å². The summed E-state index contributed by atoms with van der Waals surface area (Å²) >= 11 is 0. The van der Waals surface area contributed by atoms with Gasteiger partial charge >= 0.3 is 0 Å². The number of fused-ring (bicyclic) bond motifs is 1. The molecule has 0 heteroatoms. The largest absolute Gasteiger partial charge is 0.0856 e. The van der Waals surface area contributed by atoms with Crippen LogP contribution in [0.1, 0.15) is 59.8 Å². The van der Waals surface area contributed by atoms with Gasteiger partial charge in [0.2, 0.25) is 0 Å². The maximum Gasteiger partial charge on any atom is -0.0320 e. The zero-order chi connectivity index (χ0) is 11.1. The van der Waals surface area contributed by atoms with E-state index in [9.17, 15) is 0 Å². The lowest BCUT2D eigenvalue weighted by molar-refractivity contribution is -0.0483. The molecule has 0 nitrogen and oxygen atoms in total. The van der Waals surface area contributed by atoms with Gasteiger partial charge in [-0.25, -0.2) is 0 Å². The van der Waals surface area contributed by atoms with E-state index in [4.69, 9.17) is 0 Å². The molecule has 86 valence electrons. The number of rotatable bonds is 0. The first-order valence-corrected chi connectivity index (χ1v) is 6.66. The molecule has 0 N–H and O–H groups in total. The van der Waals surface area contributed by atoms with Gasteiger partial charge < -0.3 is 0 Å². The Labute approximate surface area is 95.1 Å². The Morgan fingerprint density at radius 1 is 1.27 bits per heavy atom. The fourth-order valence-corrected chi connectivity index (χ4v) is 3.81. The summed E-state index contributed by atoms with van der Waals surface area (Å²) in [6.07, 6.45) is 9.46. The van der Waals surface area contributed by atoms with Crippen LogP contribution in [-0.2, 0) is 0 Å². The molecule has 0 aliphatic heterocycles. The number of allylic oxidation sites excluding steroid dienone is 2. The highest BCUT2D eigenvalue weighted by atomic mass is 14.5. The highest BCUT2D eigenvalue weighted by Gasteiger charge is 2.48. The lowest BCUT2D eigenvalue weighted by Crippen LogP contribution is -2.46. The maximum atomic E-state index is 2.48. The van der Waals surface area contributed by atoms with Crippen LogP contribution >= 0.6 is 0 Å². The molecule has 0 bridgehead atoms. The van der Waals surface area contributed by atoms with Crippen LogP contribution in [0, 0.1) is 23.2 Å². The summed E-state index contributed by atoms with van der Waals surface area (Å²) in [6.45, 7) is 9.73. The van der Waals surface area contributed by atoms with Gasteiger partial charge in [-0.05, 0) is 62.2 Å². The van der Waals surface area contributed by atoms with Crippen molar-refractivity contribution in [3.05, 3.63) is 11.6 Å². The first kappa shape index (κ1) is 11.2. The van der Waals surface area contributed by atoms with Crippen LogP contribution in [0.5, 0.6) is 0 Å². The second-order valence-corrected chi connectivity index (χ2v) is 6.61. The van der Waals surface area contributed by atoms with Crippen LogP contribution in [-0.4, -0.2) is 0 Å². The zero-order valence-electron chi connectivity index (χ0n) is 10.8. The molecule has 1 saturated carbocycles. The molecule has 2 aliphatic carbocycles. The topological polar surface area (TPSA) is 0 Å². The van der Waals surface area contributed by atoms with Crippen LogP contribution in [0.2, 0.25) is 0 Å². The van der Waals surface area contributed by atoms with Crippen LogP contribution < -0.4 is 0 Å². The first-order valence-electron chi connectivity index (χ1n) is 6.66. The molecule has 3 atom stereocenters. The number of hydrogen-bond donors (Lipinski definition) is 0. The predicted molar refractivity (Wildman–Crippen MR) is 66.8 cm³/mol. The Bertz CT molecular complexity index is 259. The summed E-state index contributed by atoms with van der Waals surface area (Å²) in [7, 11) is 0. The molecule has 2 aliphatic rings. The quantitative estimate of drug-likeness (QED) is 0.499. The standard InChI is InChI=1S/C15H26/c1-11-6-5-7-12(2)13-10-15(3,4)14(13)9-8-11/h6,12-14H,5,7-10H2,1-4H3/b11-6+/t12-,13+,14+/m0/s1. The molecule has 0 radical (unpaired) electrons. The van der Waals surface area contributed by atoms with Crippen LogP contribution in [0.15, 0.2) is 11.6 Å². The van der Waals surface area contributed by atoms with Crippen molar-refractivity contribution in [2.45, 2.75) is 59.8 Å². The van der Waals surface area contributed by atoms with Gasteiger partial charge in [0.05, 0.1) is 0 Å². The third kappa shape index (κ3) is 2.14. The van der Waals surface area contributed by atoms with Crippen molar-refractivity contribution in [2.24, 2.45) is 23.2 Å². The zero-order valence-corrected chi connectivity index (χ0v) is 10.8. The van der Waals surface area contributed by atoms with Gasteiger partial charge in [-0.3, -0.25) is 0 Å². The average molecular weight is 206 g/mol. The van der Waals surface area contributed by atoms with Crippen molar-refractivity contribution in [3.63, 3.8) is 0 Å². The molecule has 0 heterocycles. The third-order valence-electron chi connectivity index (χ3n) is 4.98. The maximum absolute atomic E-state index is 2.48. The van der Waals surface area contributed by atoms with Crippen molar-refractivity contribution >= 4 is 0 Å². The molecule has 0 spiro atoms. The van der Waals surface area contributed by atoms with Crippen molar-refractivity contribution < 1.29 is 0 Å². The van der Waals surface area contributed by atoms with Crippen molar-refractivity contribution in [1.29, 1.82) is 0 Å². The summed E-state index contributed by atoms with van der Waals surface area (Å²) in [6, 6.07) is 0. The minimum atomic E-state index is 0.629.